The van der Waals surface area contributed by atoms with Crippen molar-refractivity contribution in [1.29, 1.82) is 0 Å². The number of amides is 1. The Hall–Kier alpha value is -2.87. The Balaban J connectivity index is 1.49. The lowest BCUT2D eigenvalue weighted by molar-refractivity contribution is -0.0716. The molecule has 8 heteroatoms. The summed E-state index contributed by atoms with van der Waals surface area (Å²) >= 11 is 0. The molecule has 1 spiro atoms. The van der Waals surface area contributed by atoms with Gasteiger partial charge in [0.15, 0.2) is 0 Å². The number of hydrogen-bond acceptors (Lipinski definition) is 4. The molecule has 4 atom stereocenters. The molecule has 3 fully saturated rings. The highest BCUT2D eigenvalue weighted by Gasteiger charge is 2.66. The maximum absolute atomic E-state index is 14.5. The van der Waals surface area contributed by atoms with Gasteiger partial charge in [-0.3, -0.25) is 9.88 Å². The lowest BCUT2D eigenvalue weighted by Gasteiger charge is -2.43. The van der Waals surface area contributed by atoms with E-state index in [4.69, 9.17) is 9.47 Å². The Morgan fingerprint density at radius 2 is 1.92 bits per heavy atom. The van der Waals surface area contributed by atoms with E-state index in [1.807, 2.05) is 65.0 Å². The third-order valence-electron chi connectivity index (χ3n) is 8.36. The first-order chi connectivity index (χ1) is 18.2. The van der Waals surface area contributed by atoms with E-state index in [1.165, 1.54) is 12.1 Å². The molecule has 2 heterocycles. The number of rotatable bonds is 3. The smallest absolute Gasteiger partial charge is 0.413 e. The third kappa shape index (κ3) is 5.45. The van der Waals surface area contributed by atoms with E-state index in [0.29, 0.717) is 18.5 Å². The van der Waals surface area contributed by atoms with E-state index in [2.05, 4.69) is 4.98 Å². The van der Waals surface area contributed by atoms with Gasteiger partial charge in [0, 0.05) is 30.5 Å². The summed E-state index contributed by atoms with van der Waals surface area (Å²) in [7, 11) is 0. The second kappa shape index (κ2) is 9.65. The predicted molar refractivity (Wildman–Crippen MR) is 143 cm³/mol. The normalized spacial score (nSPS) is 29.6. The van der Waals surface area contributed by atoms with Gasteiger partial charge in [-0.1, -0.05) is 24.3 Å². The van der Waals surface area contributed by atoms with Gasteiger partial charge in [-0.05, 0) is 89.1 Å². The highest BCUT2D eigenvalue weighted by molar-refractivity contribution is 5.71. The molecular weight excluding hydrogens is 505 g/mol. The van der Waals surface area contributed by atoms with Gasteiger partial charge in [-0.25, -0.2) is 18.0 Å². The van der Waals surface area contributed by atoms with Gasteiger partial charge >= 0.3 is 6.09 Å². The van der Waals surface area contributed by atoms with Gasteiger partial charge in [-0.15, -0.1) is 0 Å². The molecular formula is C31H37F3N2O3. The van der Waals surface area contributed by atoms with E-state index in [9.17, 15) is 18.0 Å². The van der Waals surface area contributed by atoms with Crippen LogP contribution in [-0.2, 0) is 9.47 Å². The van der Waals surface area contributed by atoms with Gasteiger partial charge in [0.2, 0.25) is 5.92 Å². The van der Waals surface area contributed by atoms with Crippen LogP contribution in [0.3, 0.4) is 0 Å². The first kappa shape index (κ1) is 27.7. The van der Waals surface area contributed by atoms with Crippen LogP contribution >= 0.6 is 0 Å². The first-order valence-electron chi connectivity index (χ1n) is 13.6. The molecule has 5 rings (SSSR count). The number of carbonyl (C=O) groups excluding carboxylic acids is 1. The van der Waals surface area contributed by atoms with Crippen molar-refractivity contribution in [2.75, 3.05) is 6.61 Å². The van der Waals surface area contributed by atoms with Gasteiger partial charge in [0.1, 0.15) is 17.1 Å². The molecule has 1 aromatic heterocycles. The zero-order chi connectivity index (χ0) is 28.2. The zero-order valence-corrected chi connectivity index (χ0v) is 23.2. The Morgan fingerprint density at radius 3 is 2.59 bits per heavy atom. The Labute approximate surface area is 228 Å². The van der Waals surface area contributed by atoms with Gasteiger partial charge < -0.3 is 9.47 Å². The summed E-state index contributed by atoms with van der Waals surface area (Å²) in [6, 6.07) is 10.1. The lowest BCUT2D eigenvalue weighted by Crippen LogP contribution is -2.58. The first-order valence-corrected chi connectivity index (χ1v) is 13.6. The second-order valence-corrected chi connectivity index (χ2v) is 12.7. The van der Waals surface area contributed by atoms with Crippen LogP contribution in [0.4, 0.5) is 18.0 Å². The largest absolute Gasteiger partial charge is 0.444 e. The van der Waals surface area contributed by atoms with Crippen molar-refractivity contribution in [3.05, 3.63) is 60.2 Å². The summed E-state index contributed by atoms with van der Waals surface area (Å²) < 4.78 is 54.8. The number of alkyl halides is 2. The lowest BCUT2D eigenvalue weighted by atomic mass is 9.75. The summed E-state index contributed by atoms with van der Waals surface area (Å²) in [6.45, 7) is 9.34. The molecule has 1 aliphatic heterocycles. The van der Waals surface area contributed by atoms with Crippen molar-refractivity contribution in [3.8, 4) is 11.1 Å². The topological polar surface area (TPSA) is 51.7 Å². The second-order valence-electron chi connectivity index (χ2n) is 12.7. The Bertz CT molecular complexity index is 1250. The average molecular weight is 543 g/mol. The fourth-order valence-electron chi connectivity index (χ4n) is 6.87. The maximum atomic E-state index is 14.5. The van der Waals surface area contributed by atoms with Gasteiger partial charge in [-0.2, -0.15) is 0 Å². The fourth-order valence-corrected chi connectivity index (χ4v) is 6.87. The third-order valence-corrected chi connectivity index (χ3v) is 8.36. The number of pyridine rings is 1. The van der Waals surface area contributed by atoms with E-state index in [-0.39, 0.29) is 43.0 Å². The number of hydrogen-bond donors (Lipinski definition) is 0. The molecule has 1 saturated heterocycles. The average Bonchev–Trinajstić information content (AvgIpc) is 3.27. The predicted octanol–water partition coefficient (Wildman–Crippen LogP) is 7.71. The molecule has 1 aromatic carbocycles. The molecule has 4 unspecified atom stereocenters. The van der Waals surface area contributed by atoms with Crippen molar-refractivity contribution in [1.82, 2.24) is 9.88 Å². The highest BCUT2D eigenvalue weighted by atomic mass is 19.3. The minimum atomic E-state index is -2.71. The van der Waals surface area contributed by atoms with E-state index < -0.39 is 28.9 Å². The summed E-state index contributed by atoms with van der Waals surface area (Å²) in [5, 5.41) is 0. The number of aromatic nitrogens is 1. The minimum absolute atomic E-state index is 0.0186. The van der Waals surface area contributed by atoms with Crippen LogP contribution < -0.4 is 0 Å². The molecule has 2 aromatic rings. The van der Waals surface area contributed by atoms with E-state index in [1.54, 1.807) is 17.2 Å². The number of halogens is 3. The van der Waals surface area contributed by atoms with Crippen LogP contribution in [0.1, 0.15) is 66.0 Å². The number of nitrogens with zero attached hydrogens (tertiary/aromatic N) is 2. The van der Waals surface area contributed by atoms with Crippen molar-refractivity contribution in [2.24, 2.45) is 17.8 Å². The number of carbonyl (C=O) groups is 1. The van der Waals surface area contributed by atoms with Crippen LogP contribution in [0.5, 0.6) is 0 Å². The maximum Gasteiger partial charge on any atom is 0.413 e. The molecule has 210 valence electrons. The van der Waals surface area contributed by atoms with E-state index >= 15 is 0 Å². The van der Waals surface area contributed by atoms with Gasteiger partial charge in [0.05, 0.1) is 17.8 Å². The van der Waals surface area contributed by atoms with Crippen LogP contribution in [0.15, 0.2) is 48.7 Å². The van der Waals surface area contributed by atoms with Crippen molar-refractivity contribution < 1.29 is 27.4 Å². The molecule has 0 radical (unpaired) electrons. The Morgan fingerprint density at radius 1 is 1.15 bits per heavy atom. The molecule has 5 nitrogen and oxygen atoms in total. The van der Waals surface area contributed by atoms with E-state index in [0.717, 1.165) is 11.1 Å². The standard InChI is InChI=1S/C31H37F3N2O3/c1-28(2,3)39-27(37)36-29(4,5)38-19-30(36)16-22-17-31(33,34)14-13-25(22)26(30)12-11-24-10-9-21(18-35-24)20-7-6-8-23(32)15-20/h6-12,15,18,22,25-26H,13-14,16-17,19H2,1-5H3/b12-11+. The van der Waals surface area contributed by atoms with Gasteiger partial charge in [0.25, 0.3) is 0 Å². The Kier molecular flexibility index (Phi) is 6.85. The fraction of sp³-hybridized carbons (Fsp3) is 0.548. The van der Waals surface area contributed by atoms with Crippen LogP contribution in [0, 0.1) is 23.6 Å². The SMILES string of the molecule is CC(C)(C)OC(=O)N1C(C)(C)OCC12CC1CC(F)(F)CCC1C2/C=C/c1ccc(-c2cccc(F)c2)cn1. The molecule has 1 amide bonds. The summed E-state index contributed by atoms with van der Waals surface area (Å²) in [5.74, 6) is -3.49. The van der Waals surface area contributed by atoms with Crippen molar-refractivity contribution >= 4 is 12.2 Å². The number of benzene rings is 1. The zero-order valence-electron chi connectivity index (χ0n) is 23.2. The quantitative estimate of drug-likeness (QED) is 0.399. The van der Waals surface area contributed by atoms with Crippen LogP contribution in [0.25, 0.3) is 17.2 Å². The summed E-state index contributed by atoms with van der Waals surface area (Å²) in [4.78, 5) is 19.8. The molecule has 2 saturated carbocycles. The molecule has 39 heavy (non-hydrogen) atoms. The molecule has 3 aliphatic rings. The highest BCUT2D eigenvalue weighted by Crippen LogP contribution is 2.60. The van der Waals surface area contributed by atoms with Crippen LogP contribution in [-0.4, -0.2) is 45.4 Å². The number of ether oxygens (including phenoxy) is 2. The number of fused-ring (bicyclic) bond motifs is 1. The summed E-state index contributed by atoms with van der Waals surface area (Å²) in [5.41, 5.74) is -0.252. The molecule has 0 N–H and O–H groups in total. The van der Waals surface area contributed by atoms with Crippen molar-refractivity contribution in [2.45, 2.75) is 83.1 Å². The summed E-state index contributed by atoms with van der Waals surface area (Å²) in [6.07, 6.45) is 5.58. The molecule has 0 bridgehead atoms. The molecule has 2 aliphatic carbocycles. The monoisotopic (exact) mass is 542 g/mol. The van der Waals surface area contributed by atoms with Crippen LogP contribution in [0.2, 0.25) is 0 Å². The van der Waals surface area contributed by atoms with Crippen molar-refractivity contribution in [3.63, 3.8) is 0 Å². The minimum Gasteiger partial charge on any atom is -0.444 e.